The largest absolute Gasteiger partial charge is 0.372 e. The highest BCUT2D eigenvalue weighted by molar-refractivity contribution is 6.00. The summed E-state index contributed by atoms with van der Waals surface area (Å²) in [4.78, 5) is 32.1. The first-order chi connectivity index (χ1) is 14.1. The van der Waals surface area contributed by atoms with Gasteiger partial charge in [-0.1, -0.05) is 13.8 Å². The Bertz CT molecular complexity index is 724. The third-order valence-electron chi connectivity index (χ3n) is 7.17. The number of likely N-dealkylation sites (tertiary alicyclic amines) is 1. The van der Waals surface area contributed by atoms with Crippen molar-refractivity contribution < 1.29 is 9.59 Å². The Morgan fingerprint density at radius 3 is 2.38 bits per heavy atom. The van der Waals surface area contributed by atoms with Crippen molar-refractivity contribution in [2.75, 3.05) is 36.0 Å². The van der Waals surface area contributed by atoms with Crippen LogP contribution in [0.25, 0.3) is 0 Å². The topological polar surface area (TPSA) is 43.9 Å². The van der Waals surface area contributed by atoms with E-state index < -0.39 is 0 Å². The molecule has 3 aliphatic heterocycles. The molecule has 2 amide bonds. The van der Waals surface area contributed by atoms with E-state index in [4.69, 9.17) is 0 Å². The summed E-state index contributed by atoms with van der Waals surface area (Å²) in [6.45, 7) is 8.06. The number of hydrogen-bond acceptors (Lipinski definition) is 3. The van der Waals surface area contributed by atoms with E-state index in [1.54, 1.807) is 0 Å². The maximum atomic E-state index is 13.1. The zero-order valence-electron chi connectivity index (χ0n) is 18.0. The highest BCUT2D eigenvalue weighted by Crippen LogP contribution is 2.31. The maximum absolute atomic E-state index is 13.1. The van der Waals surface area contributed by atoms with Crippen LogP contribution in [0.2, 0.25) is 0 Å². The van der Waals surface area contributed by atoms with Crippen molar-refractivity contribution in [3.63, 3.8) is 0 Å². The Morgan fingerprint density at radius 1 is 1.00 bits per heavy atom. The van der Waals surface area contributed by atoms with Gasteiger partial charge in [-0.2, -0.15) is 0 Å². The number of carbonyl (C=O) groups is 2. The fraction of sp³-hybridized carbons (Fsp3) is 0.667. The average molecular weight is 398 g/mol. The van der Waals surface area contributed by atoms with Crippen LogP contribution in [-0.2, 0) is 9.59 Å². The van der Waals surface area contributed by atoms with Gasteiger partial charge >= 0.3 is 0 Å². The van der Waals surface area contributed by atoms with Crippen LogP contribution in [0.15, 0.2) is 24.3 Å². The zero-order valence-corrected chi connectivity index (χ0v) is 18.0. The second-order valence-electron chi connectivity index (χ2n) is 9.18. The lowest BCUT2D eigenvalue weighted by atomic mass is 9.97. The highest BCUT2D eigenvalue weighted by atomic mass is 16.2. The van der Waals surface area contributed by atoms with Crippen LogP contribution in [-0.4, -0.2) is 48.9 Å². The minimum atomic E-state index is -0.196. The number of rotatable bonds is 4. The molecule has 0 aliphatic carbocycles. The fourth-order valence-electron chi connectivity index (χ4n) is 5.18. The standard InChI is InChI=1S/C24H35N3O2/c1-3-20-6-4-5-13-26(20)24(29)19-16-23(28)27(17-19)22-9-7-21(8-10-22)25-14-11-18(2)12-15-25/h7-10,18-20H,3-6,11-17H2,1-2H3. The van der Waals surface area contributed by atoms with E-state index in [9.17, 15) is 9.59 Å². The van der Waals surface area contributed by atoms with Crippen LogP contribution < -0.4 is 9.80 Å². The molecular weight excluding hydrogens is 362 g/mol. The molecule has 29 heavy (non-hydrogen) atoms. The van der Waals surface area contributed by atoms with Gasteiger partial charge in [0.1, 0.15) is 0 Å². The molecular formula is C24H35N3O2. The second kappa shape index (κ2) is 8.76. The van der Waals surface area contributed by atoms with E-state index in [-0.39, 0.29) is 17.7 Å². The summed E-state index contributed by atoms with van der Waals surface area (Å²) < 4.78 is 0. The monoisotopic (exact) mass is 397 g/mol. The molecule has 2 atom stereocenters. The number of carbonyl (C=O) groups excluding carboxylic acids is 2. The number of anilines is 2. The van der Waals surface area contributed by atoms with E-state index in [0.29, 0.717) is 19.0 Å². The van der Waals surface area contributed by atoms with Gasteiger partial charge in [-0.05, 0) is 68.7 Å². The average Bonchev–Trinajstić information content (AvgIpc) is 3.15. The summed E-state index contributed by atoms with van der Waals surface area (Å²) in [5, 5.41) is 0. The molecule has 1 aromatic rings. The summed E-state index contributed by atoms with van der Waals surface area (Å²) in [6, 6.07) is 8.71. The molecule has 2 unspecified atom stereocenters. The molecule has 3 heterocycles. The van der Waals surface area contributed by atoms with Gasteiger partial charge < -0.3 is 14.7 Å². The lowest BCUT2D eigenvalue weighted by Crippen LogP contribution is -2.46. The minimum absolute atomic E-state index is 0.0768. The van der Waals surface area contributed by atoms with Crippen molar-refractivity contribution in [1.82, 2.24) is 4.90 Å². The maximum Gasteiger partial charge on any atom is 0.228 e. The summed E-state index contributed by atoms with van der Waals surface area (Å²) in [7, 11) is 0. The summed E-state index contributed by atoms with van der Waals surface area (Å²) in [6.07, 6.45) is 7.23. The van der Waals surface area contributed by atoms with Crippen LogP contribution in [0.3, 0.4) is 0 Å². The third kappa shape index (κ3) is 4.29. The first-order valence-corrected chi connectivity index (χ1v) is 11.5. The molecule has 158 valence electrons. The van der Waals surface area contributed by atoms with Gasteiger partial charge in [0.05, 0.1) is 5.92 Å². The summed E-state index contributed by atoms with van der Waals surface area (Å²) in [5.41, 5.74) is 2.16. The third-order valence-corrected chi connectivity index (χ3v) is 7.17. The van der Waals surface area contributed by atoms with Crippen LogP contribution in [0, 0.1) is 11.8 Å². The number of amides is 2. The molecule has 3 aliphatic rings. The van der Waals surface area contributed by atoms with Gasteiger partial charge in [-0.15, -0.1) is 0 Å². The highest BCUT2D eigenvalue weighted by Gasteiger charge is 2.39. The van der Waals surface area contributed by atoms with Gasteiger partial charge in [0.25, 0.3) is 0 Å². The van der Waals surface area contributed by atoms with Crippen molar-refractivity contribution >= 4 is 23.2 Å². The van der Waals surface area contributed by atoms with Crippen LogP contribution in [0.4, 0.5) is 11.4 Å². The molecule has 0 saturated carbocycles. The molecule has 5 heteroatoms. The van der Waals surface area contributed by atoms with E-state index >= 15 is 0 Å². The second-order valence-corrected chi connectivity index (χ2v) is 9.18. The van der Waals surface area contributed by atoms with Gasteiger partial charge in [0.2, 0.25) is 11.8 Å². The van der Waals surface area contributed by atoms with Crippen LogP contribution in [0.5, 0.6) is 0 Å². The van der Waals surface area contributed by atoms with Crippen molar-refractivity contribution in [1.29, 1.82) is 0 Å². The smallest absolute Gasteiger partial charge is 0.228 e. The molecule has 0 radical (unpaired) electrons. The van der Waals surface area contributed by atoms with Crippen LogP contribution in [0.1, 0.15) is 58.8 Å². The molecule has 5 nitrogen and oxygen atoms in total. The van der Waals surface area contributed by atoms with Crippen molar-refractivity contribution in [2.45, 2.75) is 64.8 Å². The first kappa shape index (κ1) is 20.2. The molecule has 0 N–H and O–H groups in total. The Hall–Kier alpha value is -2.04. The van der Waals surface area contributed by atoms with Gasteiger partial charge in [0, 0.05) is 50.0 Å². The zero-order chi connectivity index (χ0) is 20.4. The first-order valence-electron chi connectivity index (χ1n) is 11.5. The summed E-state index contributed by atoms with van der Waals surface area (Å²) >= 11 is 0. The molecule has 3 fully saturated rings. The Morgan fingerprint density at radius 2 is 1.69 bits per heavy atom. The van der Waals surface area contributed by atoms with E-state index in [0.717, 1.165) is 50.5 Å². The van der Waals surface area contributed by atoms with E-state index in [1.165, 1.54) is 24.9 Å². The molecule has 3 saturated heterocycles. The van der Waals surface area contributed by atoms with E-state index in [2.05, 4.69) is 35.8 Å². The molecule has 4 rings (SSSR count). The minimum Gasteiger partial charge on any atom is -0.372 e. The Kier molecular flexibility index (Phi) is 6.12. The van der Waals surface area contributed by atoms with Gasteiger partial charge in [0.15, 0.2) is 0 Å². The number of hydrogen-bond donors (Lipinski definition) is 0. The molecule has 0 bridgehead atoms. The number of benzene rings is 1. The predicted octanol–water partition coefficient (Wildman–Crippen LogP) is 4.07. The van der Waals surface area contributed by atoms with Crippen molar-refractivity contribution in [2.24, 2.45) is 11.8 Å². The number of piperidine rings is 2. The van der Waals surface area contributed by atoms with Crippen LogP contribution >= 0.6 is 0 Å². The predicted molar refractivity (Wildman–Crippen MR) is 117 cm³/mol. The van der Waals surface area contributed by atoms with Gasteiger partial charge in [-0.25, -0.2) is 0 Å². The fourth-order valence-corrected chi connectivity index (χ4v) is 5.18. The lowest BCUT2D eigenvalue weighted by Gasteiger charge is -2.36. The van der Waals surface area contributed by atoms with Crippen molar-refractivity contribution in [3.8, 4) is 0 Å². The van der Waals surface area contributed by atoms with Gasteiger partial charge in [-0.3, -0.25) is 9.59 Å². The molecule has 0 spiro atoms. The number of nitrogens with zero attached hydrogens (tertiary/aromatic N) is 3. The normalized spacial score (nSPS) is 26.3. The van der Waals surface area contributed by atoms with E-state index in [1.807, 2.05) is 17.0 Å². The SMILES string of the molecule is CCC1CCCCN1C(=O)C1CC(=O)N(c2ccc(N3CCC(C)CC3)cc2)C1. The summed E-state index contributed by atoms with van der Waals surface area (Å²) in [5.74, 6) is 0.881. The quantitative estimate of drug-likeness (QED) is 0.769. The Balaban J connectivity index is 1.40. The molecule has 0 aromatic heterocycles. The lowest BCUT2D eigenvalue weighted by molar-refractivity contribution is -0.139. The Labute approximate surface area is 175 Å². The molecule has 1 aromatic carbocycles. The van der Waals surface area contributed by atoms with Crippen molar-refractivity contribution in [3.05, 3.63) is 24.3 Å².